The Bertz CT molecular complexity index is 674. The third kappa shape index (κ3) is 3.45. The van der Waals surface area contributed by atoms with Gasteiger partial charge in [-0.25, -0.2) is 12.8 Å². The van der Waals surface area contributed by atoms with E-state index in [9.17, 15) is 12.8 Å². The average Bonchev–Trinajstić information content (AvgIpc) is 2.42. The zero-order chi connectivity index (χ0) is 15.6. The summed E-state index contributed by atoms with van der Waals surface area (Å²) in [6.45, 7) is 2.72. The Balaban J connectivity index is 2.47. The van der Waals surface area contributed by atoms with Crippen LogP contribution in [0.4, 0.5) is 4.39 Å². The molecule has 1 aliphatic rings. The van der Waals surface area contributed by atoms with Crippen LogP contribution in [-0.4, -0.2) is 32.9 Å². The van der Waals surface area contributed by atoms with E-state index in [0.29, 0.717) is 13.0 Å². The fraction of sp³-hybridized carbons (Fsp3) is 0.429. The Kier molecular flexibility index (Phi) is 5.03. The zero-order valence-corrected chi connectivity index (χ0v) is 13.6. The first kappa shape index (κ1) is 16.4. The number of rotatable bonds is 4. The third-order valence-electron chi connectivity index (χ3n) is 3.36. The molecule has 4 nitrogen and oxygen atoms in total. The summed E-state index contributed by atoms with van der Waals surface area (Å²) in [5.41, 5.74) is 1.20. The van der Waals surface area contributed by atoms with Crippen LogP contribution in [-0.2, 0) is 16.6 Å². The van der Waals surface area contributed by atoms with Gasteiger partial charge in [-0.1, -0.05) is 23.3 Å². The SMILES string of the molecule is CNCc1cc(Cl)cc(S(=O)(=O)N2CCC=C(C)C2)c1F. The monoisotopic (exact) mass is 332 g/mol. The van der Waals surface area contributed by atoms with Gasteiger partial charge >= 0.3 is 0 Å². The molecule has 0 spiro atoms. The van der Waals surface area contributed by atoms with Gasteiger partial charge in [0.05, 0.1) is 0 Å². The molecule has 0 saturated carbocycles. The van der Waals surface area contributed by atoms with E-state index < -0.39 is 15.8 Å². The van der Waals surface area contributed by atoms with Gasteiger partial charge in [-0.2, -0.15) is 4.31 Å². The summed E-state index contributed by atoms with van der Waals surface area (Å²) >= 11 is 5.94. The first-order valence-electron chi connectivity index (χ1n) is 6.64. The van der Waals surface area contributed by atoms with Crippen molar-refractivity contribution in [2.75, 3.05) is 20.1 Å². The van der Waals surface area contributed by atoms with E-state index in [1.165, 1.54) is 16.4 Å². The number of sulfonamides is 1. The molecule has 2 rings (SSSR count). The topological polar surface area (TPSA) is 49.4 Å². The second-order valence-electron chi connectivity index (χ2n) is 5.09. The molecule has 1 heterocycles. The van der Waals surface area contributed by atoms with Gasteiger partial charge in [0.1, 0.15) is 10.7 Å². The van der Waals surface area contributed by atoms with Crippen molar-refractivity contribution in [2.45, 2.75) is 24.8 Å². The first-order chi connectivity index (χ1) is 9.86. The maximum absolute atomic E-state index is 14.5. The van der Waals surface area contributed by atoms with Crippen molar-refractivity contribution < 1.29 is 12.8 Å². The van der Waals surface area contributed by atoms with Gasteiger partial charge in [0.2, 0.25) is 10.0 Å². The molecule has 0 saturated heterocycles. The quantitative estimate of drug-likeness (QED) is 0.862. The fourth-order valence-electron chi connectivity index (χ4n) is 2.35. The summed E-state index contributed by atoms with van der Waals surface area (Å²) in [7, 11) is -2.22. The van der Waals surface area contributed by atoms with Crippen LogP contribution in [0, 0.1) is 5.82 Å². The lowest BCUT2D eigenvalue weighted by Crippen LogP contribution is -2.36. The number of halogens is 2. The van der Waals surface area contributed by atoms with Crippen molar-refractivity contribution >= 4 is 21.6 Å². The molecule has 1 aromatic rings. The minimum atomic E-state index is -3.88. The van der Waals surface area contributed by atoms with Gasteiger partial charge in [0.15, 0.2) is 0 Å². The summed E-state index contributed by atoms with van der Waals surface area (Å²) in [4.78, 5) is -0.352. The summed E-state index contributed by atoms with van der Waals surface area (Å²) < 4.78 is 41.0. The minimum Gasteiger partial charge on any atom is -0.316 e. The van der Waals surface area contributed by atoms with Crippen molar-refractivity contribution in [2.24, 2.45) is 0 Å². The number of hydrogen-bond donors (Lipinski definition) is 1. The van der Waals surface area contributed by atoms with Crippen molar-refractivity contribution in [3.05, 3.63) is 40.2 Å². The second-order valence-corrected chi connectivity index (χ2v) is 7.43. The van der Waals surface area contributed by atoms with Gasteiger partial charge in [-0.3, -0.25) is 0 Å². The Morgan fingerprint density at radius 1 is 1.43 bits per heavy atom. The number of nitrogens with one attached hydrogen (secondary N) is 1. The van der Waals surface area contributed by atoms with E-state index in [4.69, 9.17) is 11.6 Å². The van der Waals surface area contributed by atoms with Gasteiger partial charge in [0, 0.05) is 30.2 Å². The van der Waals surface area contributed by atoms with Gasteiger partial charge < -0.3 is 5.32 Å². The van der Waals surface area contributed by atoms with Crippen LogP contribution in [0.1, 0.15) is 18.9 Å². The van der Waals surface area contributed by atoms with Gasteiger partial charge in [-0.15, -0.1) is 0 Å². The highest BCUT2D eigenvalue weighted by Gasteiger charge is 2.30. The molecular formula is C14H18ClFN2O2S. The summed E-state index contributed by atoms with van der Waals surface area (Å²) in [5, 5.41) is 3.01. The standard InChI is InChI=1S/C14H18ClFN2O2S/c1-10-4-3-5-18(9-10)21(19,20)13-7-12(15)6-11(8-17-2)14(13)16/h4,6-7,17H,3,5,8-9H2,1-2H3. The van der Waals surface area contributed by atoms with Crippen LogP contribution >= 0.6 is 11.6 Å². The Labute approximate surface area is 129 Å². The predicted molar refractivity (Wildman–Crippen MR) is 81.3 cm³/mol. The molecular weight excluding hydrogens is 315 g/mol. The molecule has 0 radical (unpaired) electrons. The van der Waals surface area contributed by atoms with Crippen molar-refractivity contribution in [1.82, 2.24) is 9.62 Å². The zero-order valence-electron chi connectivity index (χ0n) is 12.0. The molecule has 1 N–H and O–H groups in total. The molecule has 0 fully saturated rings. The molecule has 7 heteroatoms. The van der Waals surface area contributed by atoms with Crippen LogP contribution < -0.4 is 5.32 Å². The van der Waals surface area contributed by atoms with E-state index in [2.05, 4.69) is 5.32 Å². The van der Waals surface area contributed by atoms with Crippen LogP contribution in [0.25, 0.3) is 0 Å². The lowest BCUT2D eigenvalue weighted by Gasteiger charge is -2.26. The average molecular weight is 333 g/mol. The Hall–Kier alpha value is -0.950. The molecule has 0 unspecified atom stereocenters. The molecule has 0 atom stereocenters. The smallest absolute Gasteiger partial charge is 0.246 e. The minimum absolute atomic E-state index is 0.212. The maximum atomic E-state index is 14.5. The van der Waals surface area contributed by atoms with E-state index in [1.54, 1.807) is 7.05 Å². The Morgan fingerprint density at radius 3 is 2.76 bits per heavy atom. The third-order valence-corrected chi connectivity index (χ3v) is 5.42. The highest BCUT2D eigenvalue weighted by molar-refractivity contribution is 7.89. The summed E-state index contributed by atoms with van der Waals surface area (Å²) in [5.74, 6) is -0.735. The largest absolute Gasteiger partial charge is 0.316 e. The normalized spacial score (nSPS) is 16.9. The van der Waals surface area contributed by atoms with Crippen LogP contribution in [0.2, 0.25) is 5.02 Å². The number of benzene rings is 1. The van der Waals surface area contributed by atoms with E-state index in [0.717, 1.165) is 5.57 Å². The predicted octanol–water partition coefficient (Wildman–Crippen LogP) is 2.54. The highest BCUT2D eigenvalue weighted by atomic mass is 35.5. The lowest BCUT2D eigenvalue weighted by atomic mass is 10.2. The molecule has 0 bridgehead atoms. The molecule has 1 aliphatic heterocycles. The summed E-state index contributed by atoms with van der Waals surface area (Å²) in [6, 6.07) is 2.62. The Morgan fingerprint density at radius 2 is 2.14 bits per heavy atom. The molecule has 116 valence electrons. The maximum Gasteiger partial charge on any atom is 0.246 e. The van der Waals surface area contributed by atoms with Crippen molar-refractivity contribution in [3.63, 3.8) is 0 Å². The fourth-order valence-corrected chi connectivity index (χ4v) is 4.28. The molecule has 1 aromatic carbocycles. The molecule has 0 amide bonds. The lowest BCUT2D eigenvalue weighted by molar-refractivity contribution is 0.423. The number of nitrogens with zero attached hydrogens (tertiary/aromatic N) is 1. The van der Waals surface area contributed by atoms with E-state index in [1.807, 2.05) is 13.0 Å². The molecule has 0 aliphatic carbocycles. The highest BCUT2D eigenvalue weighted by Crippen LogP contribution is 2.28. The van der Waals surface area contributed by atoms with E-state index in [-0.39, 0.29) is 28.6 Å². The van der Waals surface area contributed by atoms with Gasteiger partial charge in [-0.05, 0) is 32.5 Å². The van der Waals surface area contributed by atoms with Crippen molar-refractivity contribution in [3.8, 4) is 0 Å². The van der Waals surface area contributed by atoms with Crippen molar-refractivity contribution in [1.29, 1.82) is 0 Å². The second kappa shape index (κ2) is 6.44. The van der Waals surface area contributed by atoms with Crippen LogP contribution in [0.3, 0.4) is 0 Å². The van der Waals surface area contributed by atoms with Gasteiger partial charge in [0.25, 0.3) is 0 Å². The van der Waals surface area contributed by atoms with Crippen LogP contribution in [0.15, 0.2) is 28.7 Å². The summed E-state index contributed by atoms with van der Waals surface area (Å²) in [6.07, 6.45) is 2.63. The molecule has 0 aromatic heterocycles. The molecule has 21 heavy (non-hydrogen) atoms. The van der Waals surface area contributed by atoms with E-state index >= 15 is 0 Å². The van der Waals surface area contributed by atoms with Crippen LogP contribution in [0.5, 0.6) is 0 Å². The number of hydrogen-bond acceptors (Lipinski definition) is 3. The first-order valence-corrected chi connectivity index (χ1v) is 8.46.